The van der Waals surface area contributed by atoms with Crippen LogP contribution in [0, 0.1) is 11.7 Å². The monoisotopic (exact) mass is 436 g/mol. The van der Waals surface area contributed by atoms with Gasteiger partial charge in [0.1, 0.15) is 5.82 Å². The van der Waals surface area contributed by atoms with Crippen LogP contribution in [0.2, 0.25) is 0 Å². The number of ether oxygens (including phenoxy) is 1. The molecule has 0 amide bonds. The Labute approximate surface area is 194 Å². The minimum atomic E-state index is -0.0864. The highest BCUT2D eigenvalue weighted by molar-refractivity contribution is 5.65. The van der Waals surface area contributed by atoms with E-state index in [1.165, 1.54) is 56.9 Å². The first-order valence-corrected chi connectivity index (χ1v) is 13.1. The average Bonchev–Trinajstić information content (AvgIpc) is 2.85. The maximum Gasteiger partial charge on any atom is 0.131 e. The van der Waals surface area contributed by atoms with Crippen molar-refractivity contribution in [2.24, 2.45) is 5.92 Å². The quantitative estimate of drug-likeness (QED) is 0.375. The Balaban J connectivity index is 1.35. The Hall–Kier alpha value is -1.67. The lowest BCUT2D eigenvalue weighted by Crippen LogP contribution is -2.19. The third-order valence-electron chi connectivity index (χ3n) is 8.23. The molecule has 0 aromatic heterocycles. The van der Waals surface area contributed by atoms with E-state index in [-0.39, 0.29) is 5.82 Å². The van der Waals surface area contributed by atoms with Gasteiger partial charge in [0.25, 0.3) is 0 Å². The highest BCUT2D eigenvalue weighted by atomic mass is 19.1. The molecule has 0 aliphatic heterocycles. The summed E-state index contributed by atoms with van der Waals surface area (Å²) in [6.45, 7) is 2.29. The Kier molecular flexibility index (Phi) is 8.41. The number of methoxy groups -OCH3 is 1. The summed E-state index contributed by atoms with van der Waals surface area (Å²) in [5.74, 6) is 2.00. The van der Waals surface area contributed by atoms with Crippen LogP contribution >= 0.6 is 0 Å². The topological polar surface area (TPSA) is 9.23 Å². The van der Waals surface area contributed by atoms with Gasteiger partial charge in [-0.1, -0.05) is 69.0 Å². The summed E-state index contributed by atoms with van der Waals surface area (Å²) in [5.41, 5.74) is 4.31. The van der Waals surface area contributed by atoms with Gasteiger partial charge in [-0.2, -0.15) is 0 Å². The van der Waals surface area contributed by atoms with Crippen LogP contribution in [0.25, 0.3) is 11.1 Å². The van der Waals surface area contributed by atoms with Crippen molar-refractivity contribution in [3.05, 3.63) is 59.4 Å². The second-order valence-corrected chi connectivity index (χ2v) is 10.3. The highest BCUT2D eigenvalue weighted by Crippen LogP contribution is 2.39. The fraction of sp³-hybridized carbons (Fsp3) is 0.600. The van der Waals surface area contributed by atoms with Gasteiger partial charge >= 0.3 is 0 Å². The summed E-state index contributed by atoms with van der Waals surface area (Å²) in [6.07, 6.45) is 15.6. The second kappa shape index (κ2) is 11.5. The van der Waals surface area contributed by atoms with Gasteiger partial charge in [0.2, 0.25) is 0 Å². The predicted octanol–water partition coefficient (Wildman–Crippen LogP) is 9.02. The van der Waals surface area contributed by atoms with Gasteiger partial charge < -0.3 is 4.74 Å². The number of halogens is 1. The zero-order valence-electron chi connectivity index (χ0n) is 20.1. The van der Waals surface area contributed by atoms with E-state index >= 15 is 4.39 Å². The van der Waals surface area contributed by atoms with Crippen molar-refractivity contribution < 1.29 is 9.13 Å². The van der Waals surface area contributed by atoms with E-state index in [1.807, 2.05) is 6.07 Å². The second-order valence-electron chi connectivity index (χ2n) is 10.3. The summed E-state index contributed by atoms with van der Waals surface area (Å²) >= 11 is 0. The molecule has 174 valence electrons. The number of hydrogen-bond acceptors (Lipinski definition) is 1. The van der Waals surface area contributed by atoms with Crippen LogP contribution in [0.1, 0.15) is 107 Å². The minimum absolute atomic E-state index is 0.0864. The first kappa shape index (κ1) is 23.5. The summed E-state index contributed by atoms with van der Waals surface area (Å²) in [6, 6.07) is 14.7. The molecule has 2 aromatic rings. The van der Waals surface area contributed by atoms with Gasteiger partial charge in [0.05, 0.1) is 6.10 Å². The molecule has 0 spiro atoms. The van der Waals surface area contributed by atoms with E-state index in [2.05, 4.69) is 37.3 Å². The molecular formula is C30H41FO. The van der Waals surface area contributed by atoms with Crippen LogP contribution in [-0.4, -0.2) is 13.2 Å². The maximum absolute atomic E-state index is 15.0. The molecular weight excluding hydrogens is 395 g/mol. The molecule has 2 aliphatic carbocycles. The third-order valence-corrected chi connectivity index (χ3v) is 8.23. The van der Waals surface area contributed by atoms with Crippen LogP contribution in [-0.2, 0) is 4.74 Å². The van der Waals surface area contributed by atoms with Crippen molar-refractivity contribution >= 4 is 0 Å². The highest BCUT2D eigenvalue weighted by Gasteiger charge is 2.24. The molecule has 0 unspecified atom stereocenters. The molecule has 2 saturated carbocycles. The lowest BCUT2D eigenvalue weighted by atomic mass is 9.77. The van der Waals surface area contributed by atoms with Crippen molar-refractivity contribution in [3.63, 3.8) is 0 Å². The summed E-state index contributed by atoms with van der Waals surface area (Å²) in [4.78, 5) is 0. The first-order valence-electron chi connectivity index (χ1n) is 13.1. The van der Waals surface area contributed by atoms with Gasteiger partial charge in [0, 0.05) is 12.7 Å². The maximum atomic E-state index is 15.0. The van der Waals surface area contributed by atoms with Crippen molar-refractivity contribution in [2.75, 3.05) is 7.11 Å². The fourth-order valence-corrected chi connectivity index (χ4v) is 6.05. The lowest BCUT2D eigenvalue weighted by Gasteiger charge is -2.29. The first-order chi connectivity index (χ1) is 15.7. The molecule has 32 heavy (non-hydrogen) atoms. The Morgan fingerprint density at radius 2 is 1.41 bits per heavy atom. The average molecular weight is 437 g/mol. The smallest absolute Gasteiger partial charge is 0.131 e. The van der Waals surface area contributed by atoms with E-state index in [4.69, 9.17) is 4.74 Å². The van der Waals surface area contributed by atoms with Crippen LogP contribution in [0.3, 0.4) is 0 Å². The van der Waals surface area contributed by atoms with Gasteiger partial charge in [-0.15, -0.1) is 0 Å². The number of benzene rings is 2. The summed E-state index contributed by atoms with van der Waals surface area (Å²) in [7, 11) is 1.80. The van der Waals surface area contributed by atoms with Gasteiger partial charge in [-0.05, 0) is 91.9 Å². The summed E-state index contributed by atoms with van der Waals surface area (Å²) in [5, 5.41) is 0. The molecule has 4 rings (SSSR count). The molecule has 0 atom stereocenters. The molecule has 2 aliphatic rings. The van der Waals surface area contributed by atoms with E-state index < -0.39 is 0 Å². The molecule has 0 bridgehead atoms. The van der Waals surface area contributed by atoms with Gasteiger partial charge in [0.15, 0.2) is 0 Å². The predicted molar refractivity (Wildman–Crippen MR) is 133 cm³/mol. The van der Waals surface area contributed by atoms with E-state index in [0.29, 0.717) is 17.9 Å². The minimum Gasteiger partial charge on any atom is -0.381 e. The lowest BCUT2D eigenvalue weighted by molar-refractivity contribution is 0.0658. The number of unbranched alkanes of at least 4 members (excludes halogenated alkanes) is 2. The van der Waals surface area contributed by atoms with E-state index in [9.17, 15) is 0 Å². The van der Waals surface area contributed by atoms with Crippen molar-refractivity contribution in [1.82, 2.24) is 0 Å². The number of hydrogen-bond donors (Lipinski definition) is 0. The zero-order valence-corrected chi connectivity index (χ0v) is 20.1. The Bertz CT molecular complexity index is 826. The standard InChI is InChI=1S/C30H41FO/c1-3-4-5-6-22-7-9-23(10-8-22)24-11-13-26(14-12-24)29-20-17-27(21-30(29)31)25-15-18-28(32-2)19-16-25/h11-14,17,20-23,25,28H,3-10,15-16,18-19H2,1-2H3. The Morgan fingerprint density at radius 3 is 2.03 bits per heavy atom. The third kappa shape index (κ3) is 5.81. The molecule has 0 N–H and O–H groups in total. The molecule has 2 heteroatoms. The Morgan fingerprint density at radius 1 is 0.781 bits per heavy atom. The molecule has 2 fully saturated rings. The number of rotatable bonds is 8. The normalized spacial score (nSPS) is 26.2. The SMILES string of the molecule is CCCCCC1CCC(c2ccc(-c3ccc(C4CCC(OC)CC4)cc3F)cc2)CC1. The van der Waals surface area contributed by atoms with Crippen LogP contribution in [0.4, 0.5) is 4.39 Å². The van der Waals surface area contributed by atoms with Crippen molar-refractivity contribution in [3.8, 4) is 11.1 Å². The van der Waals surface area contributed by atoms with Crippen LogP contribution in [0.15, 0.2) is 42.5 Å². The molecule has 2 aromatic carbocycles. The van der Waals surface area contributed by atoms with Crippen LogP contribution < -0.4 is 0 Å². The summed E-state index contributed by atoms with van der Waals surface area (Å²) < 4.78 is 20.5. The van der Waals surface area contributed by atoms with Crippen LogP contribution in [0.5, 0.6) is 0 Å². The zero-order chi connectivity index (χ0) is 22.3. The molecule has 0 saturated heterocycles. The van der Waals surface area contributed by atoms with Gasteiger partial charge in [-0.25, -0.2) is 4.39 Å². The van der Waals surface area contributed by atoms with Gasteiger partial charge in [-0.3, -0.25) is 0 Å². The largest absolute Gasteiger partial charge is 0.381 e. The molecule has 0 heterocycles. The van der Waals surface area contributed by atoms with Crippen molar-refractivity contribution in [2.45, 2.75) is 102 Å². The fourth-order valence-electron chi connectivity index (χ4n) is 6.05. The van der Waals surface area contributed by atoms with E-state index in [1.54, 1.807) is 13.2 Å². The molecule has 1 nitrogen and oxygen atoms in total. The van der Waals surface area contributed by atoms with Crippen molar-refractivity contribution in [1.29, 1.82) is 0 Å². The molecule has 0 radical (unpaired) electrons. The van der Waals surface area contributed by atoms with E-state index in [0.717, 1.165) is 48.3 Å².